The average Bonchev–Trinajstić information content (AvgIpc) is 3.00. The fourth-order valence-corrected chi connectivity index (χ4v) is 2.87. The van der Waals surface area contributed by atoms with Crippen LogP contribution in [-0.2, 0) is 6.42 Å². The smallest absolute Gasteiger partial charge is 0.210 e. The molecule has 0 fully saturated rings. The Morgan fingerprint density at radius 2 is 2.00 bits per heavy atom. The largest absolute Gasteiger partial charge is 0.460 e. The van der Waals surface area contributed by atoms with Crippen LogP contribution in [0.4, 0.5) is 0 Å². The molecule has 0 bridgehead atoms. The first kappa shape index (κ1) is 12.8. The molecule has 1 aromatic carbocycles. The van der Waals surface area contributed by atoms with Crippen molar-refractivity contribution in [2.24, 2.45) is 0 Å². The van der Waals surface area contributed by atoms with Gasteiger partial charge in [0.15, 0.2) is 0 Å². The maximum absolute atomic E-state index is 12.6. The summed E-state index contributed by atoms with van der Waals surface area (Å²) in [5.74, 6) is 0.198. The third-order valence-electron chi connectivity index (χ3n) is 3.16. The Balaban J connectivity index is 2.32. The highest BCUT2D eigenvalue weighted by Gasteiger charge is 2.21. The number of aryl methyl sites for hydroxylation is 1. The lowest BCUT2D eigenvalue weighted by molar-refractivity contribution is 0.103. The van der Waals surface area contributed by atoms with Crippen LogP contribution < -0.4 is 5.43 Å². The normalized spacial score (nSPS) is 10.8. The van der Waals surface area contributed by atoms with Crippen molar-refractivity contribution in [2.45, 2.75) is 13.3 Å². The second-order valence-corrected chi connectivity index (χ2v) is 5.33. The second-order valence-electron chi connectivity index (χ2n) is 4.39. The molecule has 0 aliphatic heterocycles. The Hall–Kier alpha value is -2.20. The summed E-state index contributed by atoms with van der Waals surface area (Å²) in [4.78, 5) is 25.6. The van der Waals surface area contributed by atoms with Crippen molar-refractivity contribution >= 4 is 28.1 Å². The zero-order chi connectivity index (χ0) is 14.1. The van der Waals surface area contributed by atoms with Crippen LogP contribution in [0.2, 0.25) is 0 Å². The summed E-state index contributed by atoms with van der Waals surface area (Å²) in [5.41, 5.74) is 0.438. The van der Waals surface area contributed by atoms with E-state index in [1.54, 1.807) is 30.3 Å². The molecule has 0 amide bonds. The number of para-hydroxylation sites is 1. The van der Waals surface area contributed by atoms with Gasteiger partial charge in [-0.3, -0.25) is 9.59 Å². The quantitative estimate of drug-likeness (QED) is 0.690. The van der Waals surface area contributed by atoms with E-state index in [2.05, 4.69) is 0 Å². The fraction of sp³-hybridized carbons (Fsp3) is 0.125. The molecule has 20 heavy (non-hydrogen) atoms. The van der Waals surface area contributed by atoms with Crippen LogP contribution in [0.5, 0.6) is 0 Å². The minimum absolute atomic E-state index is 0.161. The molecule has 0 saturated heterocycles. The van der Waals surface area contributed by atoms with Crippen molar-refractivity contribution < 1.29 is 9.21 Å². The molecular formula is C16H12O3S. The van der Waals surface area contributed by atoms with E-state index in [1.165, 1.54) is 11.3 Å². The lowest BCUT2D eigenvalue weighted by atomic mass is 10.0. The number of ketones is 1. The Morgan fingerprint density at radius 1 is 1.20 bits per heavy atom. The van der Waals surface area contributed by atoms with Gasteiger partial charge >= 0.3 is 0 Å². The third kappa shape index (κ3) is 1.98. The molecule has 3 nitrogen and oxygen atoms in total. The molecule has 0 aliphatic carbocycles. The van der Waals surface area contributed by atoms with Crippen molar-refractivity contribution in [3.63, 3.8) is 0 Å². The Bertz CT molecular complexity index is 829. The van der Waals surface area contributed by atoms with Crippen LogP contribution >= 0.6 is 11.3 Å². The van der Waals surface area contributed by atoms with E-state index in [9.17, 15) is 9.59 Å². The van der Waals surface area contributed by atoms with Gasteiger partial charge in [-0.15, -0.1) is 11.3 Å². The fourth-order valence-electron chi connectivity index (χ4n) is 2.20. The van der Waals surface area contributed by atoms with E-state index < -0.39 is 0 Å². The summed E-state index contributed by atoms with van der Waals surface area (Å²) in [6.07, 6.45) is 0.506. The molecule has 2 heterocycles. The maximum Gasteiger partial charge on any atom is 0.210 e. The van der Waals surface area contributed by atoms with E-state index in [0.717, 1.165) is 0 Å². The van der Waals surface area contributed by atoms with Gasteiger partial charge in [0.2, 0.25) is 11.2 Å². The van der Waals surface area contributed by atoms with Gasteiger partial charge in [0.25, 0.3) is 0 Å². The van der Waals surface area contributed by atoms with Crippen molar-refractivity contribution in [1.29, 1.82) is 0 Å². The molecule has 3 rings (SSSR count). The molecule has 0 aliphatic rings. The van der Waals surface area contributed by atoms with Gasteiger partial charge in [-0.1, -0.05) is 25.1 Å². The lowest BCUT2D eigenvalue weighted by Gasteiger charge is -2.06. The molecule has 2 aromatic heterocycles. The lowest BCUT2D eigenvalue weighted by Crippen LogP contribution is -2.18. The molecule has 0 N–H and O–H groups in total. The van der Waals surface area contributed by atoms with Gasteiger partial charge in [-0.25, -0.2) is 0 Å². The molecule has 0 spiro atoms. The number of benzene rings is 1. The summed E-state index contributed by atoms with van der Waals surface area (Å²) in [5, 5.41) is 2.27. The average molecular weight is 284 g/mol. The first-order valence-electron chi connectivity index (χ1n) is 6.35. The van der Waals surface area contributed by atoms with E-state index in [-0.39, 0.29) is 16.8 Å². The molecule has 0 unspecified atom stereocenters. The topological polar surface area (TPSA) is 47.3 Å². The van der Waals surface area contributed by atoms with Crippen LogP contribution in [0.3, 0.4) is 0 Å². The molecule has 0 radical (unpaired) electrons. The van der Waals surface area contributed by atoms with E-state index in [4.69, 9.17) is 4.42 Å². The standard InChI is InChI=1S/C16H12O3S/c1-2-11-14(16(18)13-8-5-9-20-13)15(17)10-6-3-4-7-12(10)19-11/h3-9H,2H2,1H3. The van der Waals surface area contributed by atoms with Gasteiger partial charge < -0.3 is 4.42 Å². The number of fused-ring (bicyclic) bond motifs is 1. The zero-order valence-corrected chi connectivity index (χ0v) is 11.7. The van der Waals surface area contributed by atoms with E-state index in [0.29, 0.717) is 28.0 Å². The summed E-state index contributed by atoms with van der Waals surface area (Å²) in [6.45, 7) is 1.87. The predicted molar refractivity (Wildman–Crippen MR) is 79.6 cm³/mol. The molecule has 0 saturated carbocycles. The highest BCUT2D eigenvalue weighted by molar-refractivity contribution is 7.12. The summed E-state index contributed by atoms with van der Waals surface area (Å²) in [7, 11) is 0. The Labute approximate surface area is 119 Å². The summed E-state index contributed by atoms with van der Waals surface area (Å²) >= 11 is 1.33. The van der Waals surface area contributed by atoms with Crippen molar-refractivity contribution in [2.75, 3.05) is 0 Å². The summed E-state index contributed by atoms with van der Waals surface area (Å²) in [6, 6.07) is 10.5. The SMILES string of the molecule is CCc1oc2ccccc2c(=O)c1C(=O)c1cccs1. The maximum atomic E-state index is 12.6. The number of thiophene rings is 1. The summed E-state index contributed by atoms with van der Waals surface area (Å²) < 4.78 is 5.73. The van der Waals surface area contributed by atoms with Crippen LogP contribution in [0.1, 0.15) is 27.9 Å². The van der Waals surface area contributed by atoms with Crippen molar-refractivity contribution in [1.82, 2.24) is 0 Å². The van der Waals surface area contributed by atoms with Crippen molar-refractivity contribution in [3.05, 3.63) is 68.2 Å². The van der Waals surface area contributed by atoms with Crippen LogP contribution in [0.15, 0.2) is 51.0 Å². The van der Waals surface area contributed by atoms with Gasteiger partial charge in [-0.2, -0.15) is 0 Å². The molecule has 3 aromatic rings. The number of hydrogen-bond donors (Lipinski definition) is 0. The van der Waals surface area contributed by atoms with Gasteiger partial charge in [0.1, 0.15) is 16.9 Å². The van der Waals surface area contributed by atoms with Crippen LogP contribution in [0.25, 0.3) is 11.0 Å². The highest BCUT2D eigenvalue weighted by Crippen LogP contribution is 2.20. The Morgan fingerprint density at radius 3 is 2.70 bits per heavy atom. The number of carbonyl (C=O) groups excluding carboxylic acids is 1. The minimum atomic E-state index is -0.253. The Kier molecular flexibility index (Phi) is 3.24. The molecule has 100 valence electrons. The van der Waals surface area contributed by atoms with Gasteiger partial charge in [0.05, 0.1) is 10.3 Å². The zero-order valence-electron chi connectivity index (χ0n) is 10.9. The minimum Gasteiger partial charge on any atom is -0.460 e. The molecule has 4 heteroatoms. The van der Waals surface area contributed by atoms with Crippen LogP contribution in [0, 0.1) is 0 Å². The monoisotopic (exact) mass is 284 g/mol. The number of hydrogen-bond acceptors (Lipinski definition) is 4. The first-order chi connectivity index (χ1) is 9.72. The van der Waals surface area contributed by atoms with Gasteiger partial charge in [0, 0.05) is 6.42 Å². The van der Waals surface area contributed by atoms with Gasteiger partial charge in [-0.05, 0) is 23.6 Å². The van der Waals surface area contributed by atoms with Crippen LogP contribution in [-0.4, -0.2) is 5.78 Å². The van der Waals surface area contributed by atoms with E-state index in [1.807, 2.05) is 18.4 Å². The third-order valence-corrected chi connectivity index (χ3v) is 4.03. The first-order valence-corrected chi connectivity index (χ1v) is 7.23. The number of carbonyl (C=O) groups is 1. The highest BCUT2D eigenvalue weighted by atomic mass is 32.1. The molecule has 0 atom stereocenters. The van der Waals surface area contributed by atoms with Crippen molar-refractivity contribution in [3.8, 4) is 0 Å². The molecular weight excluding hydrogens is 272 g/mol. The van der Waals surface area contributed by atoms with E-state index >= 15 is 0 Å². The second kappa shape index (κ2) is 5.06. The number of rotatable bonds is 3. The predicted octanol–water partition coefficient (Wildman–Crippen LogP) is 3.65.